The third kappa shape index (κ3) is 26.9. The van der Waals surface area contributed by atoms with Crippen molar-refractivity contribution in [3.63, 3.8) is 0 Å². The number of guanidine groups is 1. The first-order valence-electron chi connectivity index (χ1n) is 28.7. The second kappa shape index (κ2) is 37.9. The number of carbonyl (C=O) groups excluding carboxylic acids is 8. The van der Waals surface area contributed by atoms with E-state index < -0.39 is 114 Å². The van der Waals surface area contributed by atoms with Gasteiger partial charge in [-0.1, -0.05) is 76.6 Å². The van der Waals surface area contributed by atoms with E-state index >= 15 is 0 Å². The number of hydrogen-bond acceptors (Lipinski definition) is 16. The average Bonchev–Trinajstić information content (AvgIpc) is 4.12. The van der Waals surface area contributed by atoms with E-state index in [9.17, 15) is 58.5 Å². The third-order valence-corrected chi connectivity index (χ3v) is 13.5. The van der Waals surface area contributed by atoms with Gasteiger partial charge in [0.2, 0.25) is 47.3 Å². The van der Waals surface area contributed by atoms with Crippen molar-refractivity contribution in [2.75, 3.05) is 26.2 Å². The molecule has 0 spiro atoms. The Hall–Kier alpha value is -8.21. The van der Waals surface area contributed by atoms with Gasteiger partial charge in [0, 0.05) is 37.7 Å². The Labute approximate surface area is 495 Å². The van der Waals surface area contributed by atoms with Crippen molar-refractivity contribution in [3.05, 3.63) is 83.9 Å². The number of phenolic OH excluding ortho intramolecular Hbond substituents is 1. The number of nitrogens with zero attached hydrogens (tertiary/aromatic N) is 2. The minimum Gasteiger partial charge on any atom is -0.508 e. The SMILES string of the molecule is CC(C)C[C@H](NC(=O)[C@H](Cc1cnc[nH]1)NC(=O)[C@H](CO)NC(=O)[C@H](CC(C)C)NC(=O)[C@H](CCCCN)NC(=O)[C@H](Cc1ccccc1)NC(=O)[C@H](Cc1ccc(O)cc1)NC(=O)[C@H](CCCN=C(N)N)NC(=O)[C@@H](N)CCCCN)C(=O)O. The summed E-state index contributed by atoms with van der Waals surface area (Å²) in [5.74, 6) is -8.57. The first-order chi connectivity index (χ1) is 40.4. The summed E-state index contributed by atoms with van der Waals surface area (Å²) in [6.07, 6.45) is 4.83. The second-order valence-electron chi connectivity index (χ2n) is 21.7. The number of aliphatic hydroxyl groups is 1. The van der Waals surface area contributed by atoms with E-state index in [1.807, 2.05) is 0 Å². The number of aliphatic hydroxyl groups excluding tert-OH is 1. The van der Waals surface area contributed by atoms with Crippen LogP contribution in [0.4, 0.5) is 0 Å². The van der Waals surface area contributed by atoms with Crippen molar-refractivity contribution in [2.24, 2.45) is 45.5 Å². The van der Waals surface area contributed by atoms with Gasteiger partial charge in [-0.3, -0.25) is 43.3 Å². The summed E-state index contributed by atoms with van der Waals surface area (Å²) in [7, 11) is 0. The van der Waals surface area contributed by atoms with Gasteiger partial charge in [0.05, 0.1) is 19.0 Å². The van der Waals surface area contributed by atoms with Gasteiger partial charge in [0.15, 0.2) is 5.96 Å². The molecule has 8 amide bonds. The molecule has 0 saturated heterocycles. The van der Waals surface area contributed by atoms with Crippen molar-refractivity contribution in [3.8, 4) is 5.75 Å². The van der Waals surface area contributed by atoms with Gasteiger partial charge in [0.1, 0.15) is 54.1 Å². The predicted molar refractivity (Wildman–Crippen MR) is 317 cm³/mol. The summed E-state index contributed by atoms with van der Waals surface area (Å²) in [5, 5.41) is 51.4. The zero-order chi connectivity index (χ0) is 63.0. The van der Waals surface area contributed by atoms with E-state index in [0.717, 1.165) is 0 Å². The molecule has 2 aromatic carbocycles. The molecule has 22 N–H and O–H groups in total. The van der Waals surface area contributed by atoms with E-state index in [0.29, 0.717) is 49.0 Å². The average molecular weight is 1190 g/mol. The van der Waals surface area contributed by atoms with Crippen LogP contribution in [0.2, 0.25) is 0 Å². The first kappa shape index (κ1) is 71.1. The Morgan fingerprint density at radius 2 is 0.953 bits per heavy atom. The molecule has 3 aromatic rings. The largest absolute Gasteiger partial charge is 0.508 e. The Balaban J connectivity index is 1.96. The molecule has 470 valence electrons. The summed E-state index contributed by atoms with van der Waals surface area (Å²) in [6.45, 7) is 6.87. The lowest BCUT2D eigenvalue weighted by molar-refractivity contribution is -0.143. The summed E-state index contributed by atoms with van der Waals surface area (Å²) in [4.78, 5) is 136. The molecule has 1 heterocycles. The molecule has 1 aromatic heterocycles. The molecule has 0 aliphatic rings. The first-order valence-corrected chi connectivity index (χ1v) is 28.7. The van der Waals surface area contributed by atoms with Crippen LogP contribution in [0.5, 0.6) is 5.75 Å². The molecular formula is C57H90N16O12. The number of nitrogens with one attached hydrogen (secondary N) is 9. The third-order valence-electron chi connectivity index (χ3n) is 13.5. The van der Waals surface area contributed by atoms with E-state index in [1.165, 1.54) is 36.8 Å². The van der Waals surface area contributed by atoms with E-state index in [1.54, 1.807) is 58.0 Å². The number of imidazole rings is 1. The maximum absolute atomic E-state index is 14.7. The molecule has 28 heteroatoms. The number of aromatic nitrogens is 2. The number of benzene rings is 2. The minimum atomic E-state index is -1.68. The number of rotatable bonds is 40. The molecule has 0 fully saturated rings. The summed E-state index contributed by atoms with van der Waals surface area (Å²) < 4.78 is 0. The summed E-state index contributed by atoms with van der Waals surface area (Å²) >= 11 is 0. The number of aromatic amines is 1. The normalized spacial score (nSPS) is 14.4. The Morgan fingerprint density at radius 1 is 0.529 bits per heavy atom. The zero-order valence-corrected chi connectivity index (χ0v) is 49.0. The van der Waals surface area contributed by atoms with Gasteiger partial charge in [-0.2, -0.15) is 0 Å². The molecule has 0 unspecified atom stereocenters. The van der Waals surface area contributed by atoms with Crippen molar-refractivity contribution in [2.45, 2.75) is 166 Å². The van der Waals surface area contributed by atoms with Crippen LogP contribution in [0.15, 0.2) is 72.1 Å². The quantitative estimate of drug-likeness (QED) is 0.0164. The maximum Gasteiger partial charge on any atom is 0.326 e. The van der Waals surface area contributed by atoms with Gasteiger partial charge in [-0.15, -0.1) is 0 Å². The number of carboxylic acid groups (broad SMARTS) is 1. The van der Waals surface area contributed by atoms with Crippen LogP contribution in [-0.2, 0) is 62.4 Å². The summed E-state index contributed by atoms with van der Waals surface area (Å²) in [5.41, 5.74) is 30.2. The lowest BCUT2D eigenvalue weighted by Crippen LogP contribution is -2.61. The van der Waals surface area contributed by atoms with Crippen molar-refractivity contribution in [1.29, 1.82) is 0 Å². The number of nitrogens with two attached hydrogens (primary N) is 5. The fraction of sp³-hybridized carbons (Fsp3) is 0.561. The van der Waals surface area contributed by atoms with Crippen molar-refractivity contribution < 1.29 is 58.5 Å². The van der Waals surface area contributed by atoms with Crippen LogP contribution in [0.25, 0.3) is 0 Å². The van der Waals surface area contributed by atoms with Crippen LogP contribution in [0, 0.1) is 11.8 Å². The van der Waals surface area contributed by atoms with E-state index in [-0.39, 0.29) is 94.4 Å². The standard InChI is InChI=1S/C57H90N16O12/c1-33(2)25-42(51(79)73-47(31-74)55(83)71-45(29-37-30-63-32-65-37)54(82)72-46(56(84)85)26-34(3)4)68-49(77)40(16-9-11-23-59)67-52(80)43(27-35-13-6-5-7-14-35)70-53(81)44(28-36-18-20-38(75)21-19-36)69-50(78)41(17-12-24-64-57(61)62)66-48(76)39(60)15-8-10-22-58/h5-7,13-14,18-21,30,32-34,39-47,74-75H,8-12,15-17,22-29,31,58-60H2,1-4H3,(H,63,65)(H,66,76)(H,67,80)(H,68,77)(H,69,78)(H,70,81)(H,71,83)(H,72,82)(H,73,79)(H,84,85)(H4,61,62,64)/t39-,40-,41-,42-,43-,44-,45-,46-,47-/m0/s1. The van der Waals surface area contributed by atoms with Gasteiger partial charge in [0.25, 0.3) is 0 Å². The summed E-state index contributed by atoms with van der Waals surface area (Å²) in [6, 6.07) is 2.36. The number of hydrogen-bond donors (Lipinski definition) is 17. The van der Waals surface area contributed by atoms with Crippen LogP contribution < -0.4 is 71.2 Å². The number of aliphatic carboxylic acids is 1. The lowest BCUT2D eigenvalue weighted by atomic mass is 10.00. The molecule has 3 rings (SSSR count). The number of H-pyrrole nitrogens is 1. The smallest absolute Gasteiger partial charge is 0.326 e. The minimum absolute atomic E-state index is 0.00131. The number of aromatic hydroxyl groups is 1. The van der Waals surface area contributed by atoms with Crippen molar-refractivity contribution in [1.82, 2.24) is 52.5 Å². The van der Waals surface area contributed by atoms with Crippen LogP contribution >= 0.6 is 0 Å². The highest BCUT2D eigenvalue weighted by Gasteiger charge is 2.36. The maximum atomic E-state index is 14.7. The molecule has 0 aliphatic heterocycles. The van der Waals surface area contributed by atoms with E-state index in [2.05, 4.69) is 57.5 Å². The molecule has 0 radical (unpaired) electrons. The molecule has 28 nitrogen and oxygen atoms in total. The highest BCUT2D eigenvalue weighted by molar-refractivity contribution is 5.98. The molecule has 0 aliphatic carbocycles. The molecule has 0 bridgehead atoms. The monoisotopic (exact) mass is 1190 g/mol. The fourth-order valence-corrected chi connectivity index (χ4v) is 8.91. The van der Waals surface area contributed by atoms with Crippen molar-refractivity contribution >= 4 is 59.2 Å². The topological polar surface area (TPSA) is 482 Å². The van der Waals surface area contributed by atoms with Gasteiger partial charge in [-0.25, -0.2) is 9.78 Å². The molecule has 85 heavy (non-hydrogen) atoms. The van der Waals surface area contributed by atoms with Crippen LogP contribution in [0.1, 0.15) is 109 Å². The highest BCUT2D eigenvalue weighted by atomic mass is 16.4. The number of carboxylic acids is 1. The van der Waals surface area contributed by atoms with Crippen LogP contribution in [-0.4, -0.2) is 165 Å². The molecule has 0 saturated carbocycles. The Bertz CT molecular complexity index is 2600. The van der Waals surface area contributed by atoms with Gasteiger partial charge in [-0.05, 0) is 106 Å². The second-order valence-corrected chi connectivity index (χ2v) is 21.7. The zero-order valence-electron chi connectivity index (χ0n) is 49.0. The Morgan fingerprint density at radius 3 is 1.45 bits per heavy atom. The number of carbonyl (C=O) groups is 9. The lowest BCUT2D eigenvalue weighted by Gasteiger charge is -2.28. The van der Waals surface area contributed by atoms with Gasteiger partial charge >= 0.3 is 5.97 Å². The number of phenols is 1. The molecular weight excluding hydrogens is 1100 g/mol. The van der Waals surface area contributed by atoms with Gasteiger partial charge < -0.3 is 91.5 Å². The Kier molecular flexibility index (Phi) is 31.7. The van der Waals surface area contributed by atoms with E-state index in [4.69, 9.17) is 28.7 Å². The molecule has 9 atom stereocenters. The predicted octanol–water partition coefficient (Wildman–Crippen LogP) is -2.17. The fourth-order valence-electron chi connectivity index (χ4n) is 8.91. The number of unbranched alkanes of at least 4 members (excludes halogenated alkanes) is 2. The number of aliphatic imine (C=N–C) groups is 1. The highest BCUT2D eigenvalue weighted by Crippen LogP contribution is 2.15. The number of amides is 8. The van der Waals surface area contributed by atoms with Crippen LogP contribution in [0.3, 0.4) is 0 Å².